The van der Waals surface area contributed by atoms with Gasteiger partial charge in [0, 0.05) is 25.8 Å². The molecule has 0 saturated carbocycles. The lowest BCUT2D eigenvalue weighted by Gasteiger charge is -2.26. The van der Waals surface area contributed by atoms with Crippen molar-refractivity contribution in [2.24, 2.45) is 0 Å². The fourth-order valence-corrected chi connectivity index (χ4v) is 3.14. The van der Waals surface area contributed by atoms with Crippen molar-refractivity contribution in [3.05, 3.63) is 24.4 Å². The zero-order chi connectivity index (χ0) is 13.6. The molecule has 1 atom stereocenters. The molecule has 3 heterocycles. The van der Waals surface area contributed by atoms with Crippen LogP contribution in [0.3, 0.4) is 0 Å². The first-order chi connectivity index (χ1) is 9.92. The van der Waals surface area contributed by atoms with Gasteiger partial charge in [-0.2, -0.15) is 0 Å². The highest BCUT2D eigenvalue weighted by molar-refractivity contribution is 5.39. The minimum absolute atomic E-state index is 0.377. The summed E-state index contributed by atoms with van der Waals surface area (Å²) in [6, 6.07) is 6.09. The Hall–Kier alpha value is -1.13. The highest BCUT2D eigenvalue weighted by atomic mass is 16.5. The van der Waals surface area contributed by atoms with Gasteiger partial charge in [0.15, 0.2) is 0 Å². The Morgan fingerprint density at radius 3 is 2.85 bits per heavy atom. The number of ether oxygens (including phenoxy) is 1. The van der Waals surface area contributed by atoms with Gasteiger partial charge in [0.1, 0.15) is 5.82 Å². The highest BCUT2D eigenvalue weighted by Crippen LogP contribution is 2.19. The molecule has 0 bridgehead atoms. The van der Waals surface area contributed by atoms with Gasteiger partial charge < -0.3 is 14.5 Å². The van der Waals surface area contributed by atoms with E-state index >= 15 is 0 Å². The van der Waals surface area contributed by atoms with Gasteiger partial charge in [-0.1, -0.05) is 12.5 Å². The second kappa shape index (κ2) is 7.04. The third-order valence-electron chi connectivity index (χ3n) is 4.33. The maximum atomic E-state index is 6.05. The first kappa shape index (κ1) is 13.8. The molecule has 110 valence electrons. The Morgan fingerprint density at radius 2 is 2.05 bits per heavy atom. The Labute approximate surface area is 121 Å². The van der Waals surface area contributed by atoms with E-state index in [-0.39, 0.29) is 0 Å². The Morgan fingerprint density at radius 1 is 1.15 bits per heavy atom. The smallest absolute Gasteiger partial charge is 0.128 e. The van der Waals surface area contributed by atoms with Crippen LogP contribution in [0.15, 0.2) is 24.4 Å². The zero-order valence-electron chi connectivity index (χ0n) is 12.2. The van der Waals surface area contributed by atoms with Gasteiger partial charge in [-0.3, -0.25) is 0 Å². The fraction of sp³-hybridized carbons (Fsp3) is 0.688. The van der Waals surface area contributed by atoms with E-state index in [0.29, 0.717) is 6.10 Å². The van der Waals surface area contributed by atoms with Crippen molar-refractivity contribution in [3.63, 3.8) is 0 Å². The number of hydrogen-bond donors (Lipinski definition) is 0. The van der Waals surface area contributed by atoms with E-state index in [2.05, 4.69) is 20.9 Å². The number of nitrogens with zero attached hydrogens (tertiary/aromatic N) is 3. The maximum absolute atomic E-state index is 6.05. The average Bonchev–Trinajstić information content (AvgIpc) is 2.98. The van der Waals surface area contributed by atoms with Crippen molar-refractivity contribution in [1.29, 1.82) is 0 Å². The second-order valence-corrected chi connectivity index (χ2v) is 5.82. The van der Waals surface area contributed by atoms with Gasteiger partial charge in [0.2, 0.25) is 0 Å². The van der Waals surface area contributed by atoms with Gasteiger partial charge >= 0.3 is 0 Å². The van der Waals surface area contributed by atoms with E-state index < -0.39 is 0 Å². The molecule has 0 amide bonds. The van der Waals surface area contributed by atoms with E-state index in [9.17, 15) is 0 Å². The van der Waals surface area contributed by atoms with Gasteiger partial charge in [-0.25, -0.2) is 4.98 Å². The summed E-state index contributed by atoms with van der Waals surface area (Å²) < 4.78 is 6.05. The normalized spacial score (nSPS) is 24.2. The molecule has 20 heavy (non-hydrogen) atoms. The summed E-state index contributed by atoms with van der Waals surface area (Å²) in [4.78, 5) is 9.27. The standard InChI is InChI=1S/C16H25N3O/c1-4-9-18(10-5-1)12-13-20-15-7-11-19(14-15)16-6-2-3-8-17-16/h2-3,6,8,15H,1,4-5,7,9-14H2. The summed E-state index contributed by atoms with van der Waals surface area (Å²) in [5.74, 6) is 1.08. The van der Waals surface area contributed by atoms with Gasteiger partial charge in [-0.05, 0) is 44.5 Å². The number of piperidine rings is 1. The number of hydrogen-bond acceptors (Lipinski definition) is 4. The van der Waals surface area contributed by atoms with Gasteiger partial charge in [0.25, 0.3) is 0 Å². The molecule has 3 rings (SSSR count). The van der Waals surface area contributed by atoms with Crippen LogP contribution in [0.4, 0.5) is 5.82 Å². The number of pyridine rings is 1. The number of rotatable bonds is 5. The Kier molecular flexibility index (Phi) is 4.87. The molecular formula is C16H25N3O. The van der Waals surface area contributed by atoms with E-state index in [1.54, 1.807) is 0 Å². The quantitative estimate of drug-likeness (QED) is 0.823. The first-order valence-corrected chi connectivity index (χ1v) is 7.92. The molecule has 0 N–H and O–H groups in total. The second-order valence-electron chi connectivity index (χ2n) is 5.82. The van der Waals surface area contributed by atoms with Gasteiger partial charge in [-0.15, -0.1) is 0 Å². The summed E-state index contributed by atoms with van der Waals surface area (Å²) in [6.45, 7) is 6.53. The predicted octanol–water partition coefficient (Wildman–Crippen LogP) is 2.16. The molecule has 2 aliphatic rings. The third-order valence-corrected chi connectivity index (χ3v) is 4.33. The van der Waals surface area contributed by atoms with Crippen LogP contribution in [0.2, 0.25) is 0 Å². The molecule has 1 aromatic rings. The molecule has 2 aliphatic heterocycles. The summed E-state index contributed by atoms with van der Waals surface area (Å²) in [6.07, 6.45) is 7.48. The van der Waals surface area contributed by atoms with Crippen LogP contribution in [0.5, 0.6) is 0 Å². The van der Waals surface area contributed by atoms with Crippen LogP contribution in [0.25, 0.3) is 0 Å². The van der Waals surface area contributed by atoms with Crippen molar-refractivity contribution in [2.75, 3.05) is 44.2 Å². The molecule has 0 aromatic carbocycles. The molecule has 4 heteroatoms. The van der Waals surface area contributed by atoms with Gasteiger partial charge in [0.05, 0.1) is 12.7 Å². The summed E-state index contributed by atoms with van der Waals surface area (Å²) in [7, 11) is 0. The highest BCUT2D eigenvalue weighted by Gasteiger charge is 2.24. The van der Waals surface area contributed by atoms with Crippen LogP contribution in [-0.2, 0) is 4.74 Å². The SMILES string of the molecule is c1ccc(N2CCC(OCCN3CCCCC3)C2)nc1. The van der Waals surface area contributed by atoms with E-state index in [0.717, 1.165) is 38.5 Å². The van der Waals surface area contributed by atoms with Crippen molar-refractivity contribution in [1.82, 2.24) is 9.88 Å². The molecule has 0 radical (unpaired) electrons. The van der Waals surface area contributed by atoms with Crippen LogP contribution >= 0.6 is 0 Å². The molecular weight excluding hydrogens is 250 g/mol. The Balaban J connectivity index is 1.37. The van der Waals surface area contributed by atoms with Crippen molar-refractivity contribution >= 4 is 5.82 Å². The molecule has 0 aliphatic carbocycles. The monoisotopic (exact) mass is 275 g/mol. The van der Waals surface area contributed by atoms with Crippen molar-refractivity contribution in [3.8, 4) is 0 Å². The molecule has 1 unspecified atom stereocenters. The fourth-order valence-electron chi connectivity index (χ4n) is 3.14. The minimum Gasteiger partial charge on any atom is -0.375 e. The van der Waals surface area contributed by atoms with Crippen LogP contribution in [0.1, 0.15) is 25.7 Å². The average molecular weight is 275 g/mol. The molecule has 1 aromatic heterocycles. The van der Waals surface area contributed by atoms with Crippen LogP contribution < -0.4 is 4.90 Å². The van der Waals surface area contributed by atoms with Crippen molar-refractivity contribution < 1.29 is 4.74 Å². The van der Waals surface area contributed by atoms with E-state index in [1.807, 2.05) is 18.3 Å². The summed E-state index contributed by atoms with van der Waals surface area (Å²) >= 11 is 0. The van der Waals surface area contributed by atoms with Crippen LogP contribution in [0, 0.1) is 0 Å². The first-order valence-electron chi connectivity index (χ1n) is 7.92. The predicted molar refractivity (Wildman–Crippen MR) is 81.1 cm³/mol. The lowest BCUT2D eigenvalue weighted by atomic mass is 10.1. The number of aromatic nitrogens is 1. The summed E-state index contributed by atoms with van der Waals surface area (Å²) in [5.41, 5.74) is 0. The summed E-state index contributed by atoms with van der Waals surface area (Å²) in [5, 5.41) is 0. The Bertz CT molecular complexity index is 392. The molecule has 0 spiro atoms. The lowest BCUT2D eigenvalue weighted by molar-refractivity contribution is 0.0467. The molecule has 2 saturated heterocycles. The topological polar surface area (TPSA) is 28.6 Å². The molecule has 2 fully saturated rings. The lowest BCUT2D eigenvalue weighted by Crippen LogP contribution is -2.34. The number of likely N-dealkylation sites (tertiary alicyclic amines) is 1. The minimum atomic E-state index is 0.377. The third kappa shape index (κ3) is 3.70. The number of anilines is 1. The zero-order valence-corrected chi connectivity index (χ0v) is 12.2. The molecule has 4 nitrogen and oxygen atoms in total. The maximum Gasteiger partial charge on any atom is 0.128 e. The van der Waals surface area contributed by atoms with Crippen LogP contribution in [-0.4, -0.2) is 55.3 Å². The largest absolute Gasteiger partial charge is 0.375 e. The van der Waals surface area contributed by atoms with Crippen molar-refractivity contribution in [2.45, 2.75) is 31.8 Å². The van der Waals surface area contributed by atoms with E-state index in [1.165, 1.54) is 32.4 Å². The van der Waals surface area contributed by atoms with E-state index in [4.69, 9.17) is 4.74 Å².